The predicted octanol–water partition coefficient (Wildman–Crippen LogP) is 1.53. The summed E-state index contributed by atoms with van der Waals surface area (Å²) in [5.41, 5.74) is 3.59. The number of para-hydroxylation sites is 1. The lowest BCUT2D eigenvalue weighted by Crippen LogP contribution is -3.15. The van der Waals surface area contributed by atoms with Gasteiger partial charge in [0.1, 0.15) is 6.04 Å². The minimum Gasteiger partial charge on any atom is -0.378 e. The number of benzene rings is 2. The zero-order valence-corrected chi connectivity index (χ0v) is 19.2. The van der Waals surface area contributed by atoms with Gasteiger partial charge in [-0.2, -0.15) is 0 Å². The van der Waals surface area contributed by atoms with E-state index in [1.807, 2.05) is 27.1 Å². The average molecular weight is 432 g/mol. The van der Waals surface area contributed by atoms with Crippen LogP contribution >= 0.6 is 0 Å². The number of quaternary nitrogens is 1. The van der Waals surface area contributed by atoms with Crippen LogP contribution in [0.2, 0.25) is 0 Å². The Hall–Kier alpha value is -2.09. The Bertz CT molecular complexity index is 877. The number of nitrogens with zero attached hydrogens (tertiary/aromatic N) is 2. The molecule has 0 radical (unpaired) electrons. The highest BCUT2D eigenvalue weighted by Crippen LogP contribution is 2.18. The topological polar surface area (TPSA) is 57.1 Å². The number of hydrogen-bond acceptors (Lipinski definition) is 4. The van der Waals surface area contributed by atoms with Crippen LogP contribution in [-0.4, -0.2) is 61.0 Å². The van der Waals surface area contributed by atoms with Crippen molar-refractivity contribution < 1.29 is 13.3 Å². The third kappa shape index (κ3) is 5.97. The molecule has 0 aliphatic carbocycles. The first-order valence-electron chi connectivity index (χ1n) is 10.8. The number of rotatable bonds is 9. The van der Waals surface area contributed by atoms with E-state index in [-0.39, 0.29) is 11.8 Å². The van der Waals surface area contributed by atoms with E-state index in [1.165, 1.54) is 16.2 Å². The summed E-state index contributed by atoms with van der Waals surface area (Å²) >= 11 is 0. The standard InChI is InChI=1S/C23H34N4O2S/c1-4-18-30(28,29)24-19-23(20-10-12-21(13-11-20)25(2)3)27-16-14-26(15-17-27)22-8-6-5-7-9-22/h5-13,23-24H,4,14-19H2,1-3H3/p+1/t23-/m1/s1. The van der Waals surface area contributed by atoms with Gasteiger partial charge < -0.3 is 14.7 Å². The van der Waals surface area contributed by atoms with Crippen LogP contribution < -0.4 is 19.4 Å². The number of hydrogen-bond donors (Lipinski definition) is 2. The molecule has 3 rings (SSSR count). The molecule has 0 unspecified atom stereocenters. The molecule has 2 aromatic carbocycles. The Morgan fingerprint density at radius 3 is 2.23 bits per heavy atom. The van der Waals surface area contributed by atoms with Crippen LogP contribution in [0.15, 0.2) is 54.6 Å². The van der Waals surface area contributed by atoms with Crippen molar-refractivity contribution in [2.24, 2.45) is 0 Å². The Morgan fingerprint density at radius 1 is 1.03 bits per heavy atom. The summed E-state index contributed by atoms with van der Waals surface area (Å²) in [4.78, 5) is 5.92. The van der Waals surface area contributed by atoms with Crippen molar-refractivity contribution in [2.45, 2.75) is 19.4 Å². The van der Waals surface area contributed by atoms with Gasteiger partial charge in [0.05, 0.1) is 38.5 Å². The molecule has 1 aliphatic rings. The summed E-state index contributed by atoms with van der Waals surface area (Å²) in [5.74, 6) is 0.177. The molecular formula is C23H35N4O2S+. The maximum Gasteiger partial charge on any atom is 0.211 e. The zero-order valence-electron chi connectivity index (χ0n) is 18.3. The quantitative estimate of drug-likeness (QED) is 0.632. The molecule has 0 bridgehead atoms. The maximum absolute atomic E-state index is 12.3. The average Bonchev–Trinajstić information content (AvgIpc) is 2.75. The molecule has 0 aromatic heterocycles. The van der Waals surface area contributed by atoms with Crippen molar-refractivity contribution in [3.63, 3.8) is 0 Å². The van der Waals surface area contributed by atoms with Gasteiger partial charge in [0, 0.05) is 31.0 Å². The SMILES string of the molecule is CCCS(=O)(=O)NC[C@H](c1ccc(N(C)C)cc1)[NH+]1CCN(c2ccccc2)CC1. The van der Waals surface area contributed by atoms with E-state index in [2.05, 4.69) is 63.1 Å². The number of piperazine rings is 1. The first kappa shape index (κ1) is 22.6. The molecule has 1 aliphatic heterocycles. The van der Waals surface area contributed by atoms with E-state index in [1.54, 1.807) is 0 Å². The van der Waals surface area contributed by atoms with Crippen molar-refractivity contribution in [3.8, 4) is 0 Å². The molecule has 7 heteroatoms. The summed E-state index contributed by atoms with van der Waals surface area (Å²) in [7, 11) is 0.824. The van der Waals surface area contributed by atoms with Crippen LogP contribution in [-0.2, 0) is 10.0 Å². The summed E-state index contributed by atoms with van der Waals surface area (Å²) in [6.45, 7) is 6.21. The lowest BCUT2D eigenvalue weighted by Gasteiger charge is -2.38. The number of sulfonamides is 1. The molecule has 2 aromatic rings. The lowest BCUT2D eigenvalue weighted by molar-refractivity contribution is -0.930. The Labute approximate surface area is 181 Å². The van der Waals surface area contributed by atoms with Gasteiger partial charge in [-0.3, -0.25) is 0 Å². The van der Waals surface area contributed by atoms with Crippen LogP contribution in [0.1, 0.15) is 24.9 Å². The fourth-order valence-corrected chi connectivity index (χ4v) is 5.20. The van der Waals surface area contributed by atoms with Gasteiger partial charge in [-0.1, -0.05) is 37.3 Å². The second-order valence-electron chi connectivity index (χ2n) is 8.19. The van der Waals surface area contributed by atoms with Crippen LogP contribution in [0.25, 0.3) is 0 Å². The van der Waals surface area contributed by atoms with E-state index in [4.69, 9.17) is 0 Å². The second-order valence-corrected chi connectivity index (χ2v) is 10.1. The smallest absolute Gasteiger partial charge is 0.211 e. The summed E-state index contributed by atoms with van der Waals surface area (Å²) in [5, 5.41) is 0. The van der Waals surface area contributed by atoms with Crippen LogP contribution in [0.4, 0.5) is 11.4 Å². The van der Waals surface area contributed by atoms with Crippen LogP contribution in [0, 0.1) is 0 Å². The molecule has 164 valence electrons. The molecule has 30 heavy (non-hydrogen) atoms. The summed E-state index contributed by atoms with van der Waals surface area (Å²) < 4.78 is 27.5. The fourth-order valence-electron chi connectivity index (χ4n) is 4.09. The summed E-state index contributed by atoms with van der Waals surface area (Å²) in [6, 6.07) is 19.1. The third-order valence-electron chi connectivity index (χ3n) is 5.81. The van der Waals surface area contributed by atoms with Gasteiger partial charge in [0.15, 0.2) is 0 Å². The van der Waals surface area contributed by atoms with Crippen molar-refractivity contribution >= 4 is 21.4 Å². The second kappa shape index (κ2) is 10.3. The normalized spacial score (nSPS) is 16.4. The maximum atomic E-state index is 12.3. The Balaban J connectivity index is 1.74. The fraction of sp³-hybridized carbons (Fsp3) is 0.478. The van der Waals surface area contributed by atoms with Gasteiger partial charge in [-0.25, -0.2) is 13.1 Å². The molecule has 6 nitrogen and oxygen atoms in total. The molecule has 1 saturated heterocycles. The highest BCUT2D eigenvalue weighted by Gasteiger charge is 2.30. The van der Waals surface area contributed by atoms with E-state index in [9.17, 15) is 8.42 Å². The molecule has 0 spiro atoms. The van der Waals surface area contributed by atoms with Crippen LogP contribution in [0.3, 0.4) is 0 Å². The minimum atomic E-state index is -3.23. The molecule has 1 heterocycles. The van der Waals surface area contributed by atoms with Gasteiger partial charge in [0.2, 0.25) is 10.0 Å². The van der Waals surface area contributed by atoms with E-state index in [0.717, 1.165) is 31.9 Å². The predicted molar refractivity (Wildman–Crippen MR) is 125 cm³/mol. The first-order chi connectivity index (χ1) is 14.4. The molecule has 1 fully saturated rings. The van der Waals surface area contributed by atoms with Gasteiger partial charge in [-0.05, 0) is 30.7 Å². The highest BCUT2D eigenvalue weighted by atomic mass is 32.2. The van der Waals surface area contributed by atoms with E-state index >= 15 is 0 Å². The minimum absolute atomic E-state index is 0.103. The first-order valence-corrected chi connectivity index (χ1v) is 12.4. The highest BCUT2D eigenvalue weighted by molar-refractivity contribution is 7.89. The Kier molecular flexibility index (Phi) is 7.75. The van der Waals surface area contributed by atoms with E-state index < -0.39 is 10.0 Å². The molecule has 2 N–H and O–H groups in total. The summed E-state index contributed by atoms with van der Waals surface area (Å²) in [6.07, 6.45) is 0.625. The number of anilines is 2. The van der Waals surface area contributed by atoms with Gasteiger partial charge in [0.25, 0.3) is 0 Å². The van der Waals surface area contributed by atoms with Crippen LogP contribution in [0.5, 0.6) is 0 Å². The monoisotopic (exact) mass is 431 g/mol. The van der Waals surface area contributed by atoms with Crippen molar-refractivity contribution in [2.75, 3.05) is 62.4 Å². The number of nitrogens with one attached hydrogen (secondary N) is 2. The zero-order chi connectivity index (χ0) is 21.6. The largest absolute Gasteiger partial charge is 0.378 e. The molecule has 0 saturated carbocycles. The van der Waals surface area contributed by atoms with Crippen molar-refractivity contribution in [1.29, 1.82) is 0 Å². The molecule has 1 atom stereocenters. The van der Waals surface area contributed by atoms with E-state index in [0.29, 0.717) is 13.0 Å². The van der Waals surface area contributed by atoms with Crippen molar-refractivity contribution in [1.82, 2.24) is 4.72 Å². The lowest BCUT2D eigenvalue weighted by atomic mass is 10.0. The third-order valence-corrected chi connectivity index (χ3v) is 7.36. The van der Waals surface area contributed by atoms with Crippen molar-refractivity contribution in [3.05, 3.63) is 60.2 Å². The molecular weight excluding hydrogens is 396 g/mol. The molecule has 0 amide bonds. The van der Waals surface area contributed by atoms with Gasteiger partial charge in [-0.15, -0.1) is 0 Å². The van der Waals surface area contributed by atoms with Gasteiger partial charge >= 0.3 is 0 Å². The Morgan fingerprint density at radius 2 is 1.67 bits per heavy atom.